The lowest BCUT2D eigenvalue weighted by Crippen LogP contribution is -2.34. The number of carbonyl (C=O) groups is 1. The SMILES string of the molecule is COc1cc(C)ccc1C(=O)N1C[C@@H]2CNC[C@@H]2[C@H]1c1ccccc1. The lowest BCUT2D eigenvalue weighted by Gasteiger charge is -2.29. The normalized spacial score (nSPS) is 25.0. The summed E-state index contributed by atoms with van der Waals surface area (Å²) in [4.78, 5) is 15.4. The fourth-order valence-electron chi connectivity index (χ4n) is 4.34. The molecular weight excluding hydrogens is 312 g/mol. The molecule has 2 aromatic rings. The highest BCUT2D eigenvalue weighted by molar-refractivity contribution is 5.97. The van der Waals surface area contributed by atoms with Crippen molar-refractivity contribution in [2.45, 2.75) is 13.0 Å². The fraction of sp³-hybridized carbons (Fsp3) is 0.381. The number of benzene rings is 2. The molecular formula is C21H24N2O2. The van der Waals surface area contributed by atoms with Crippen molar-refractivity contribution in [2.75, 3.05) is 26.7 Å². The van der Waals surface area contributed by atoms with Gasteiger partial charge >= 0.3 is 0 Å². The van der Waals surface area contributed by atoms with Crippen LogP contribution in [0.15, 0.2) is 48.5 Å². The minimum absolute atomic E-state index is 0.0695. The maximum atomic E-state index is 13.4. The summed E-state index contributed by atoms with van der Waals surface area (Å²) in [5, 5.41) is 3.49. The molecule has 2 saturated heterocycles. The maximum absolute atomic E-state index is 13.4. The number of methoxy groups -OCH3 is 1. The first-order valence-electron chi connectivity index (χ1n) is 8.90. The molecule has 0 unspecified atom stereocenters. The minimum Gasteiger partial charge on any atom is -0.496 e. The molecule has 4 heteroatoms. The largest absolute Gasteiger partial charge is 0.496 e. The van der Waals surface area contributed by atoms with Gasteiger partial charge < -0.3 is 15.0 Å². The number of fused-ring (bicyclic) bond motifs is 1. The maximum Gasteiger partial charge on any atom is 0.258 e. The van der Waals surface area contributed by atoms with Gasteiger partial charge in [0.25, 0.3) is 5.91 Å². The third kappa shape index (κ3) is 2.81. The van der Waals surface area contributed by atoms with E-state index < -0.39 is 0 Å². The van der Waals surface area contributed by atoms with Crippen molar-refractivity contribution >= 4 is 5.91 Å². The monoisotopic (exact) mass is 336 g/mol. The quantitative estimate of drug-likeness (QED) is 0.937. The number of carbonyl (C=O) groups excluding carboxylic acids is 1. The molecule has 0 radical (unpaired) electrons. The number of likely N-dealkylation sites (tertiary alicyclic amines) is 1. The molecule has 4 rings (SSSR count). The van der Waals surface area contributed by atoms with Gasteiger partial charge in [0.15, 0.2) is 0 Å². The van der Waals surface area contributed by atoms with E-state index in [9.17, 15) is 4.79 Å². The Morgan fingerprint density at radius 3 is 2.72 bits per heavy atom. The van der Waals surface area contributed by atoms with Gasteiger partial charge in [0.05, 0.1) is 18.7 Å². The summed E-state index contributed by atoms with van der Waals surface area (Å²) in [7, 11) is 1.63. The number of nitrogens with zero attached hydrogens (tertiary/aromatic N) is 1. The van der Waals surface area contributed by atoms with E-state index >= 15 is 0 Å². The Hall–Kier alpha value is -2.33. The Morgan fingerprint density at radius 2 is 1.96 bits per heavy atom. The van der Waals surface area contributed by atoms with Crippen LogP contribution in [0.1, 0.15) is 27.5 Å². The zero-order chi connectivity index (χ0) is 17.4. The molecule has 0 aromatic heterocycles. The van der Waals surface area contributed by atoms with Gasteiger partial charge in [-0.2, -0.15) is 0 Å². The van der Waals surface area contributed by atoms with Crippen LogP contribution in [0.2, 0.25) is 0 Å². The van der Waals surface area contributed by atoms with Gasteiger partial charge in [-0.05, 0) is 36.1 Å². The number of amides is 1. The van der Waals surface area contributed by atoms with Gasteiger partial charge in [-0.25, -0.2) is 0 Å². The second-order valence-corrected chi connectivity index (χ2v) is 7.10. The van der Waals surface area contributed by atoms with Crippen molar-refractivity contribution in [2.24, 2.45) is 11.8 Å². The molecule has 1 N–H and O–H groups in total. The summed E-state index contributed by atoms with van der Waals surface area (Å²) in [5.41, 5.74) is 2.97. The van der Waals surface area contributed by atoms with Crippen LogP contribution in [0.25, 0.3) is 0 Å². The Bertz CT molecular complexity index is 775. The first kappa shape index (κ1) is 16.2. The number of hydrogen-bond donors (Lipinski definition) is 1. The molecule has 4 nitrogen and oxygen atoms in total. The average molecular weight is 336 g/mol. The number of nitrogens with one attached hydrogen (secondary N) is 1. The van der Waals surface area contributed by atoms with Crippen LogP contribution in [-0.4, -0.2) is 37.6 Å². The van der Waals surface area contributed by atoms with Gasteiger partial charge in [0.2, 0.25) is 0 Å². The number of ether oxygens (including phenoxy) is 1. The van der Waals surface area contributed by atoms with Gasteiger partial charge in [0, 0.05) is 25.6 Å². The minimum atomic E-state index is 0.0695. The number of aryl methyl sites for hydroxylation is 1. The van der Waals surface area contributed by atoms with Crippen molar-refractivity contribution in [1.82, 2.24) is 10.2 Å². The molecule has 130 valence electrons. The molecule has 2 heterocycles. The summed E-state index contributed by atoms with van der Waals surface area (Å²) in [6, 6.07) is 16.3. The van der Waals surface area contributed by atoms with Crippen LogP contribution in [0.4, 0.5) is 0 Å². The van der Waals surface area contributed by atoms with Gasteiger partial charge in [-0.15, -0.1) is 0 Å². The highest BCUT2D eigenvalue weighted by Gasteiger charge is 2.47. The Balaban J connectivity index is 1.72. The summed E-state index contributed by atoms with van der Waals surface area (Å²) < 4.78 is 5.48. The van der Waals surface area contributed by atoms with Crippen LogP contribution in [0.3, 0.4) is 0 Å². The Labute approximate surface area is 148 Å². The fourth-order valence-corrected chi connectivity index (χ4v) is 4.34. The number of hydrogen-bond acceptors (Lipinski definition) is 3. The van der Waals surface area contributed by atoms with Crippen LogP contribution in [-0.2, 0) is 0 Å². The van der Waals surface area contributed by atoms with Crippen molar-refractivity contribution in [3.05, 3.63) is 65.2 Å². The first-order chi connectivity index (χ1) is 12.2. The average Bonchev–Trinajstić information content (AvgIpc) is 3.22. The Morgan fingerprint density at radius 1 is 1.16 bits per heavy atom. The molecule has 0 aliphatic carbocycles. The van der Waals surface area contributed by atoms with Crippen molar-refractivity contribution in [1.29, 1.82) is 0 Å². The highest BCUT2D eigenvalue weighted by Crippen LogP contribution is 2.43. The molecule has 2 aliphatic heterocycles. The predicted octanol–water partition coefficient (Wildman–Crippen LogP) is 3.04. The first-order valence-corrected chi connectivity index (χ1v) is 8.90. The molecule has 0 bridgehead atoms. The lowest BCUT2D eigenvalue weighted by molar-refractivity contribution is 0.0710. The van der Waals surface area contributed by atoms with E-state index in [1.54, 1.807) is 7.11 Å². The lowest BCUT2D eigenvalue weighted by atomic mass is 9.89. The van der Waals surface area contributed by atoms with Crippen LogP contribution < -0.4 is 10.1 Å². The van der Waals surface area contributed by atoms with Crippen molar-refractivity contribution < 1.29 is 9.53 Å². The molecule has 0 saturated carbocycles. The van der Waals surface area contributed by atoms with E-state index in [2.05, 4.69) is 34.5 Å². The standard InChI is InChI=1S/C21H24N2O2/c1-14-8-9-17(19(10-14)25-2)21(24)23-13-16-11-22-12-18(16)20(23)15-6-4-3-5-7-15/h3-10,16,18,20,22H,11-13H2,1-2H3/t16-,18-,20+/m0/s1. The summed E-state index contributed by atoms with van der Waals surface area (Å²) in [5.74, 6) is 1.72. The second-order valence-electron chi connectivity index (χ2n) is 7.10. The van der Waals surface area contributed by atoms with Crippen LogP contribution >= 0.6 is 0 Å². The van der Waals surface area contributed by atoms with Gasteiger partial charge in [0.1, 0.15) is 5.75 Å². The zero-order valence-corrected chi connectivity index (χ0v) is 14.7. The van der Waals surface area contributed by atoms with Crippen LogP contribution in [0, 0.1) is 18.8 Å². The molecule has 2 aliphatic rings. The van der Waals surface area contributed by atoms with E-state index in [0.717, 1.165) is 25.2 Å². The van der Waals surface area contributed by atoms with E-state index in [-0.39, 0.29) is 11.9 Å². The Kier molecular flexibility index (Phi) is 4.22. The summed E-state index contributed by atoms with van der Waals surface area (Å²) in [6.45, 7) is 4.77. The van der Waals surface area contributed by atoms with E-state index in [1.165, 1.54) is 5.56 Å². The van der Waals surface area contributed by atoms with Crippen molar-refractivity contribution in [3.63, 3.8) is 0 Å². The van der Waals surface area contributed by atoms with E-state index in [1.807, 2.05) is 31.2 Å². The zero-order valence-electron chi connectivity index (χ0n) is 14.7. The topological polar surface area (TPSA) is 41.6 Å². The summed E-state index contributed by atoms with van der Waals surface area (Å²) in [6.07, 6.45) is 0. The summed E-state index contributed by atoms with van der Waals surface area (Å²) >= 11 is 0. The molecule has 2 aromatic carbocycles. The molecule has 0 spiro atoms. The van der Waals surface area contributed by atoms with E-state index in [0.29, 0.717) is 23.1 Å². The van der Waals surface area contributed by atoms with Crippen LogP contribution in [0.5, 0.6) is 5.75 Å². The van der Waals surface area contributed by atoms with Gasteiger partial charge in [-0.1, -0.05) is 36.4 Å². The molecule has 2 fully saturated rings. The van der Waals surface area contributed by atoms with E-state index in [4.69, 9.17) is 4.74 Å². The van der Waals surface area contributed by atoms with Crippen molar-refractivity contribution in [3.8, 4) is 5.75 Å². The second kappa shape index (κ2) is 6.52. The third-order valence-corrected chi connectivity index (χ3v) is 5.55. The molecule has 25 heavy (non-hydrogen) atoms. The van der Waals surface area contributed by atoms with Gasteiger partial charge in [-0.3, -0.25) is 4.79 Å². The highest BCUT2D eigenvalue weighted by atomic mass is 16.5. The number of rotatable bonds is 3. The predicted molar refractivity (Wildman–Crippen MR) is 97.8 cm³/mol. The molecule has 3 atom stereocenters. The third-order valence-electron chi connectivity index (χ3n) is 5.55. The smallest absolute Gasteiger partial charge is 0.258 e. The molecule has 1 amide bonds.